The van der Waals surface area contributed by atoms with Crippen molar-refractivity contribution in [2.24, 2.45) is 11.1 Å². The van der Waals surface area contributed by atoms with Crippen molar-refractivity contribution in [1.29, 1.82) is 0 Å². The molecule has 58 valence electrons. The average molecular weight is 153 g/mol. The smallest absolute Gasteiger partial charge is 0.411 e. The molecule has 1 fully saturated rings. The summed E-state index contributed by atoms with van der Waals surface area (Å²) in [6.07, 6.45) is -3.48. The fourth-order valence-corrected chi connectivity index (χ4v) is 0.727. The molecule has 0 spiro atoms. The molecule has 0 aromatic heterocycles. The fraction of sp³-hybridized carbons (Fsp3) is 0.800. The standard InChI is InChI=1S/C5H6F3NO/c6-5(7,8)4(9-10)3-1-2-3/h3,10H,1-2H2. The second-order valence-electron chi connectivity index (χ2n) is 2.26. The second kappa shape index (κ2) is 2.14. The van der Waals surface area contributed by atoms with E-state index >= 15 is 0 Å². The Kier molecular flexibility index (Phi) is 1.58. The minimum absolute atomic E-state index is 0.485. The molecule has 1 N–H and O–H groups in total. The van der Waals surface area contributed by atoms with Crippen LogP contribution in [-0.2, 0) is 0 Å². The van der Waals surface area contributed by atoms with Gasteiger partial charge in [-0.3, -0.25) is 0 Å². The maximum atomic E-state index is 11.7. The van der Waals surface area contributed by atoms with Crippen LogP contribution in [-0.4, -0.2) is 17.1 Å². The van der Waals surface area contributed by atoms with Gasteiger partial charge in [-0.05, 0) is 12.8 Å². The van der Waals surface area contributed by atoms with Crippen LogP contribution in [0.25, 0.3) is 0 Å². The van der Waals surface area contributed by atoms with Crippen LogP contribution in [0.5, 0.6) is 0 Å². The van der Waals surface area contributed by atoms with Gasteiger partial charge in [-0.15, -0.1) is 0 Å². The van der Waals surface area contributed by atoms with E-state index in [4.69, 9.17) is 5.21 Å². The predicted molar refractivity (Wildman–Crippen MR) is 28.0 cm³/mol. The molecule has 0 aromatic carbocycles. The lowest BCUT2D eigenvalue weighted by Crippen LogP contribution is -2.24. The van der Waals surface area contributed by atoms with Crippen molar-refractivity contribution in [3.05, 3.63) is 0 Å². The van der Waals surface area contributed by atoms with Crippen LogP contribution in [0.2, 0.25) is 0 Å². The molecular weight excluding hydrogens is 147 g/mol. The highest BCUT2D eigenvalue weighted by molar-refractivity contribution is 5.93. The Labute approximate surface area is 55.3 Å². The summed E-state index contributed by atoms with van der Waals surface area (Å²) in [5, 5.41) is 10.2. The molecule has 10 heavy (non-hydrogen) atoms. The van der Waals surface area contributed by atoms with Gasteiger partial charge < -0.3 is 5.21 Å². The second-order valence-corrected chi connectivity index (χ2v) is 2.26. The van der Waals surface area contributed by atoms with Crippen LogP contribution in [0.15, 0.2) is 5.16 Å². The first-order valence-electron chi connectivity index (χ1n) is 2.85. The largest absolute Gasteiger partial charge is 0.432 e. The summed E-state index contributed by atoms with van der Waals surface area (Å²) < 4.78 is 35.2. The zero-order valence-corrected chi connectivity index (χ0v) is 5.02. The number of halogens is 3. The van der Waals surface area contributed by atoms with E-state index in [2.05, 4.69) is 5.16 Å². The summed E-state index contributed by atoms with van der Waals surface area (Å²) in [6, 6.07) is 0. The summed E-state index contributed by atoms with van der Waals surface area (Å²) in [5.41, 5.74) is -1.03. The fourth-order valence-electron chi connectivity index (χ4n) is 0.727. The highest BCUT2D eigenvalue weighted by Gasteiger charge is 2.45. The Morgan fingerprint density at radius 3 is 2.00 bits per heavy atom. The van der Waals surface area contributed by atoms with Gasteiger partial charge in [0.2, 0.25) is 0 Å². The molecule has 1 aliphatic carbocycles. The topological polar surface area (TPSA) is 32.6 Å². The Bertz CT molecular complexity index is 159. The van der Waals surface area contributed by atoms with Gasteiger partial charge in [-0.2, -0.15) is 13.2 Å². The molecule has 0 bridgehead atoms. The van der Waals surface area contributed by atoms with Crippen molar-refractivity contribution in [2.75, 3.05) is 0 Å². The van der Waals surface area contributed by atoms with E-state index in [-0.39, 0.29) is 0 Å². The van der Waals surface area contributed by atoms with Crippen molar-refractivity contribution >= 4 is 5.71 Å². The van der Waals surface area contributed by atoms with Crippen molar-refractivity contribution in [1.82, 2.24) is 0 Å². The molecule has 5 heteroatoms. The Morgan fingerprint density at radius 2 is 1.90 bits per heavy atom. The summed E-state index contributed by atoms with van der Waals surface area (Å²) >= 11 is 0. The van der Waals surface area contributed by atoms with Crippen LogP contribution < -0.4 is 0 Å². The minimum Gasteiger partial charge on any atom is -0.411 e. The number of alkyl halides is 3. The molecule has 0 unspecified atom stereocenters. The lowest BCUT2D eigenvalue weighted by atomic mass is 10.2. The number of hydrogen-bond donors (Lipinski definition) is 1. The normalized spacial score (nSPS) is 21.3. The first kappa shape index (κ1) is 7.37. The highest BCUT2D eigenvalue weighted by atomic mass is 19.4. The summed E-state index contributed by atoms with van der Waals surface area (Å²) in [5.74, 6) is -0.551. The number of oxime groups is 1. The van der Waals surface area contributed by atoms with Crippen molar-refractivity contribution in [3.8, 4) is 0 Å². The molecule has 2 nitrogen and oxygen atoms in total. The van der Waals surface area contributed by atoms with E-state index in [1.807, 2.05) is 0 Å². The highest BCUT2D eigenvalue weighted by Crippen LogP contribution is 2.37. The van der Waals surface area contributed by atoms with Crippen LogP contribution in [0.1, 0.15) is 12.8 Å². The molecule has 0 radical (unpaired) electrons. The summed E-state index contributed by atoms with van der Waals surface area (Å²) in [6.45, 7) is 0. The first-order chi connectivity index (χ1) is 4.55. The SMILES string of the molecule is ON=C(C1CC1)C(F)(F)F. The molecule has 0 aliphatic heterocycles. The van der Waals surface area contributed by atoms with Crippen molar-refractivity contribution < 1.29 is 18.4 Å². The third-order valence-electron chi connectivity index (χ3n) is 1.36. The molecule has 1 aliphatic rings. The van der Waals surface area contributed by atoms with Gasteiger partial charge in [0.05, 0.1) is 0 Å². The number of nitrogens with zero attached hydrogens (tertiary/aromatic N) is 1. The molecule has 1 saturated carbocycles. The average Bonchev–Trinajstić information content (AvgIpc) is 2.46. The van der Waals surface area contributed by atoms with Crippen molar-refractivity contribution in [2.45, 2.75) is 19.0 Å². The lowest BCUT2D eigenvalue weighted by Gasteiger charge is -2.05. The van der Waals surface area contributed by atoms with Crippen LogP contribution in [0.4, 0.5) is 13.2 Å². The maximum Gasteiger partial charge on any atom is 0.432 e. The van der Waals surface area contributed by atoms with Crippen molar-refractivity contribution in [3.63, 3.8) is 0 Å². The Morgan fingerprint density at radius 1 is 1.40 bits per heavy atom. The van der Waals surface area contributed by atoms with E-state index in [0.717, 1.165) is 0 Å². The van der Waals surface area contributed by atoms with E-state index < -0.39 is 17.8 Å². The molecule has 0 heterocycles. The minimum atomic E-state index is -4.45. The van der Waals surface area contributed by atoms with Gasteiger partial charge in [0.15, 0.2) is 5.71 Å². The van der Waals surface area contributed by atoms with E-state index in [0.29, 0.717) is 12.8 Å². The number of rotatable bonds is 1. The molecule has 0 atom stereocenters. The quantitative estimate of drug-likeness (QED) is 0.347. The van der Waals surface area contributed by atoms with Gasteiger partial charge in [0, 0.05) is 5.92 Å². The lowest BCUT2D eigenvalue weighted by molar-refractivity contribution is -0.0634. The summed E-state index contributed by atoms with van der Waals surface area (Å²) in [7, 11) is 0. The van der Waals surface area contributed by atoms with E-state index in [1.54, 1.807) is 0 Å². The van der Waals surface area contributed by atoms with E-state index in [1.165, 1.54) is 0 Å². The van der Waals surface area contributed by atoms with Gasteiger partial charge in [-0.25, -0.2) is 0 Å². The zero-order chi connectivity index (χ0) is 7.78. The Balaban J connectivity index is 2.65. The van der Waals surface area contributed by atoms with Crippen LogP contribution >= 0.6 is 0 Å². The number of hydrogen-bond acceptors (Lipinski definition) is 2. The zero-order valence-electron chi connectivity index (χ0n) is 5.02. The monoisotopic (exact) mass is 153 g/mol. The van der Waals surface area contributed by atoms with Gasteiger partial charge in [0.25, 0.3) is 0 Å². The molecule has 0 amide bonds. The Hall–Kier alpha value is -0.740. The first-order valence-corrected chi connectivity index (χ1v) is 2.85. The van der Waals surface area contributed by atoms with E-state index in [9.17, 15) is 13.2 Å². The molecule has 1 rings (SSSR count). The third kappa shape index (κ3) is 1.40. The van der Waals surface area contributed by atoms with Gasteiger partial charge in [0.1, 0.15) is 0 Å². The van der Waals surface area contributed by atoms with Gasteiger partial charge in [-0.1, -0.05) is 5.16 Å². The molecule has 0 saturated heterocycles. The third-order valence-corrected chi connectivity index (χ3v) is 1.36. The molecule has 0 aromatic rings. The predicted octanol–water partition coefficient (Wildman–Crippen LogP) is 1.79. The van der Waals surface area contributed by atoms with Crippen LogP contribution in [0, 0.1) is 5.92 Å². The maximum absolute atomic E-state index is 11.7. The summed E-state index contributed by atoms with van der Waals surface area (Å²) in [4.78, 5) is 0. The molecular formula is C5H6F3NO. The van der Waals surface area contributed by atoms with Crippen LogP contribution in [0.3, 0.4) is 0 Å². The van der Waals surface area contributed by atoms with Gasteiger partial charge >= 0.3 is 6.18 Å².